The van der Waals surface area contributed by atoms with Gasteiger partial charge in [-0.05, 0) is 12.1 Å². The fourth-order valence-electron chi connectivity index (χ4n) is 1.45. The van der Waals surface area contributed by atoms with Crippen LogP contribution in [-0.4, -0.2) is 28.1 Å². The minimum absolute atomic E-state index is 0.643. The molecule has 0 spiro atoms. The first-order valence-corrected chi connectivity index (χ1v) is 5.58. The molecule has 1 N–H and O–H groups in total. The Morgan fingerprint density at radius 2 is 2.12 bits per heavy atom. The van der Waals surface area contributed by atoms with Crippen molar-refractivity contribution in [1.29, 1.82) is 0 Å². The molecule has 2 rings (SSSR count). The van der Waals surface area contributed by atoms with Gasteiger partial charge in [-0.1, -0.05) is 23.4 Å². The first kappa shape index (κ1) is 11.6. The SMILES string of the molecule is Cn1cc(CNCCOc2ccccc2)nn1. The quantitative estimate of drug-likeness (QED) is 0.754. The number of aryl methyl sites for hydroxylation is 1. The third kappa shape index (κ3) is 3.88. The largest absolute Gasteiger partial charge is 0.492 e. The Morgan fingerprint density at radius 3 is 2.82 bits per heavy atom. The van der Waals surface area contributed by atoms with Crippen molar-refractivity contribution >= 4 is 0 Å². The van der Waals surface area contributed by atoms with E-state index in [1.54, 1.807) is 4.68 Å². The average Bonchev–Trinajstić information content (AvgIpc) is 2.76. The molecular formula is C12H16N4O. The maximum atomic E-state index is 5.55. The minimum atomic E-state index is 0.643. The number of ether oxygens (including phenoxy) is 1. The summed E-state index contributed by atoms with van der Waals surface area (Å²) in [5.41, 5.74) is 0.937. The Hall–Kier alpha value is -1.88. The number of benzene rings is 1. The second-order valence-electron chi connectivity index (χ2n) is 3.72. The molecule has 1 heterocycles. The Balaban J connectivity index is 1.61. The Kier molecular flexibility index (Phi) is 4.10. The molecule has 0 aliphatic rings. The second kappa shape index (κ2) is 6.00. The van der Waals surface area contributed by atoms with Crippen LogP contribution in [0.25, 0.3) is 0 Å². The smallest absolute Gasteiger partial charge is 0.119 e. The predicted molar refractivity (Wildman–Crippen MR) is 64.6 cm³/mol. The first-order chi connectivity index (χ1) is 8.34. The number of hydrogen-bond donors (Lipinski definition) is 1. The molecule has 0 fully saturated rings. The summed E-state index contributed by atoms with van der Waals surface area (Å²) in [6.07, 6.45) is 1.89. The number of hydrogen-bond acceptors (Lipinski definition) is 4. The molecule has 0 bridgehead atoms. The van der Waals surface area contributed by atoms with E-state index in [0.717, 1.165) is 18.0 Å². The van der Waals surface area contributed by atoms with Crippen LogP contribution in [0, 0.1) is 0 Å². The van der Waals surface area contributed by atoms with Crippen molar-refractivity contribution in [2.75, 3.05) is 13.2 Å². The number of nitrogens with zero attached hydrogens (tertiary/aromatic N) is 3. The topological polar surface area (TPSA) is 52.0 Å². The highest BCUT2D eigenvalue weighted by molar-refractivity contribution is 5.20. The summed E-state index contributed by atoms with van der Waals surface area (Å²) in [4.78, 5) is 0. The second-order valence-corrected chi connectivity index (χ2v) is 3.72. The molecule has 90 valence electrons. The van der Waals surface area contributed by atoms with Gasteiger partial charge in [0.1, 0.15) is 12.4 Å². The minimum Gasteiger partial charge on any atom is -0.492 e. The molecule has 1 aromatic carbocycles. The molecule has 0 unspecified atom stereocenters. The molecule has 0 amide bonds. The summed E-state index contributed by atoms with van der Waals surface area (Å²) in [5.74, 6) is 0.897. The molecule has 17 heavy (non-hydrogen) atoms. The van der Waals surface area contributed by atoms with E-state index >= 15 is 0 Å². The van der Waals surface area contributed by atoms with Gasteiger partial charge >= 0.3 is 0 Å². The van der Waals surface area contributed by atoms with Gasteiger partial charge in [0.05, 0.1) is 5.69 Å². The van der Waals surface area contributed by atoms with Crippen LogP contribution in [0.15, 0.2) is 36.5 Å². The normalized spacial score (nSPS) is 10.4. The molecule has 0 aliphatic heterocycles. The van der Waals surface area contributed by atoms with Crippen LogP contribution in [0.5, 0.6) is 5.75 Å². The first-order valence-electron chi connectivity index (χ1n) is 5.58. The summed E-state index contributed by atoms with van der Waals surface area (Å²) in [7, 11) is 1.86. The lowest BCUT2D eigenvalue weighted by atomic mass is 10.3. The van der Waals surface area contributed by atoms with Crippen molar-refractivity contribution < 1.29 is 4.74 Å². The van der Waals surface area contributed by atoms with E-state index in [4.69, 9.17) is 4.74 Å². The summed E-state index contributed by atoms with van der Waals surface area (Å²) in [6.45, 7) is 2.14. The van der Waals surface area contributed by atoms with Crippen LogP contribution in [-0.2, 0) is 13.6 Å². The van der Waals surface area contributed by atoms with E-state index in [0.29, 0.717) is 13.2 Å². The molecule has 0 saturated carbocycles. The fraction of sp³-hybridized carbons (Fsp3) is 0.333. The van der Waals surface area contributed by atoms with Crippen LogP contribution in [0.4, 0.5) is 0 Å². The lowest BCUT2D eigenvalue weighted by Gasteiger charge is -2.06. The number of aromatic nitrogens is 3. The number of rotatable bonds is 6. The standard InChI is InChI=1S/C12H16N4O/c1-16-10-11(14-15-16)9-13-7-8-17-12-5-3-2-4-6-12/h2-6,10,13H,7-9H2,1H3. The van der Waals surface area contributed by atoms with Gasteiger partial charge in [-0.15, -0.1) is 5.10 Å². The van der Waals surface area contributed by atoms with Crippen LogP contribution in [0.1, 0.15) is 5.69 Å². The van der Waals surface area contributed by atoms with E-state index in [9.17, 15) is 0 Å². The van der Waals surface area contributed by atoms with Gasteiger partial charge in [0, 0.05) is 26.3 Å². The highest BCUT2D eigenvalue weighted by Gasteiger charge is 1.97. The number of nitrogens with one attached hydrogen (secondary N) is 1. The Bertz CT molecular complexity index is 441. The number of para-hydroxylation sites is 1. The molecule has 1 aromatic heterocycles. The van der Waals surface area contributed by atoms with Gasteiger partial charge in [0.25, 0.3) is 0 Å². The molecule has 0 atom stereocenters. The Morgan fingerprint density at radius 1 is 1.29 bits per heavy atom. The lowest BCUT2D eigenvalue weighted by Crippen LogP contribution is -2.20. The van der Waals surface area contributed by atoms with E-state index < -0.39 is 0 Å². The lowest BCUT2D eigenvalue weighted by molar-refractivity contribution is 0.313. The van der Waals surface area contributed by atoms with E-state index in [1.165, 1.54) is 0 Å². The molecule has 0 saturated heterocycles. The van der Waals surface area contributed by atoms with Crippen molar-refractivity contribution in [2.24, 2.45) is 7.05 Å². The van der Waals surface area contributed by atoms with E-state index in [2.05, 4.69) is 15.6 Å². The van der Waals surface area contributed by atoms with Gasteiger partial charge in [-0.25, -0.2) is 0 Å². The zero-order valence-corrected chi connectivity index (χ0v) is 9.84. The van der Waals surface area contributed by atoms with Gasteiger partial charge in [-0.2, -0.15) is 0 Å². The van der Waals surface area contributed by atoms with Crippen molar-refractivity contribution in [3.63, 3.8) is 0 Å². The van der Waals surface area contributed by atoms with Crippen LogP contribution in [0.3, 0.4) is 0 Å². The average molecular weight is 232 g/mol. The van der Waals surface area contributed by atoms with Gasteiger partial charge in [-0.3, -0.25) is 4.68 Å². The maximum Gasteiger partial charge on any atom is 0.119 e. The van der Waals surface area contributed by atoms with Crippen LogP contribution in [0.2, 0.25) is 0 Å². The zero-order chi connectivity index (χ0) is 11.9. The third-order valence-electron chi connectivity index (χ3n) is 2.25. The molecule has 0 radical (unpaired) electrons. The summed E-state index contributed by atoms with van der Waals surface area (Å²) < 4.78 is 7.24. The monoisotopic (exact) mass is 232 g/mol. The molecule has 5 heteroatoms. The van der Waals surface area contributed by atoms with E-state index in [-0.39, 0.29) is 0 Å². The molecular weight excluding hydrogens is 216 g/mol. The zero-order valence-electron chi connectivity index (χ0n) is 9.84. The van der Waals surface area contributed by atoms with Gasteiger partial charge < -0.3 is 10.1 Å². The van der Waals surface area contributed by atoms with Crippen molar-refractivity contribution in [2.45, 2.75) is 6.54 Å². The van der Waals surface area contributed by atoms with E-state index in [1.807, 2.05) is 43.6 Å². The van der Waals surface area contributed by atoms with Gasteiger partial charge in [0.15, 0.2) is 0 Å². The highest BCUT2D eigenvalue weighted by atomic mass is 16.5. The van der Waals surface area contributed by atoms with Gasteiger partial charge in [0.2, 0.25) is 0 Å². The summed E-state index contributed by atoms with van der Waals surface area (Å²) >= 11 is 0. The summed E-state index contributed by atoms with van der Waals surface area (Å²) in [6, 6.07) is 9.79. The highest BCUT2D eigenvalue weighted by Crippen LogP contribution is 2.07. The Labute approximate surface area is 100 Å². The molecule has 2 aromatic rings. The van der Waals surface area contributed by atoms with Crippen molar-refractivity contribution in [3.8, 4) is 5.75 Å². The van der Waals surface area contributed by atoms with Crippen molar-refractivity contribution in [1.82, 2.24) is 20.3 Å². The predicted octanol–water partition coefficient (Wildman–Crippen LogP) is 0.984. The molecule has 0 aliphatic carbocycles. The van der Waals surface area contributed by atoms with Crippen molar-refractivity contribution in [3.05, 3.63) is 42.2 Å². The fourth-order valence-corrected chi connectivity index (χ4v) is 1.45. The molecule has 5 nitrogen and oxygen atoms in total. The van der Waals surface area contributed by atoms with Crippen LogP contribution >= 0.6 is 0 Å². The maximum absolute atomic E-state index is 5.55. The third-order valence-corrected chi connectivity index (χ3v) is 2.25. The van der Waals surface area contributed by atoms with Crippen LogP contribution < -0.4 is 10.1 Å². The summed E-state index contributed by atoms with van der Waals surface area (Å²) in [5, 5.41) is 11.1.